The Hall–Kier alpha value is -0.850. The van der Waals surface area contributed by atoms with Gasteiger partial charge in [-0.1, -0.05) is 13.0 Å². The number of aromatic nitrogens is 1. The maximum absolute atomic E-state index is 4.51. The van der Waals surface area contributed by atoms with Crippen LogP contribution in [0, 0.1) is 17.8 Å². The summed E-state index contributed by atoms with van der Waals surface area (Å²) in [5, 5.41) is 0. The summed E-state index contributed by atoms with van der Waals surface area (Å²) in [6, 6.07) is 6.34. The molecule has 3 rings (SSSR count). The smallest absolute Gasteiger partial charge is 0.0437 e. The lowest BCUT2D eigenvalue weighted by Gasteiger charge is -2.21. The molecule has 0 aromatic carbocycles. The van der Waals surface area contributed by atoms with Gasteiger partial charge in [0.25, 0.3) is 0 Å². The number of rotatable bonds is 1. The van der Waals surface area contributed by atoms with Crippen molar-refractivity contribution in [3.05, 3.63) is 30.1 Å². The minimum absolute atomic E-state index is 0.768. The summed E-state index contributed by atoms with van der Waals surface area (Å²) in [6.07, 6.45) is 6.23. The maximum Gasteiger partial charge on any atom is 0.0437 e. The van der Waals surface area contributed by atoms with E-state index in [0.29, 0.717) is 0 Å². The first-order chi connectivity index (χ1) is 6.86. The minimum Gasteiger partial charge on any atom is -0.261 e. The van der Waals surface area contributed by atoms with Gasteiger partial charge in [-0.05, 0) is 49.1 Å². The first-order valence-corrected chi connectivity index (χ1v) is 5.77. The molecule has 0 amide bonds. The van der Waals surface area contributed by atoms with Crippen molar-refractivity contribution in [3.8, 4) is 0 Å². The Morgan fingerprint density at radius 1 is 1.29 bits per heavy atom. The van der Waals surface area contributed by atoms with E-state index in [1.54, 1.807) is 0 Å². The molecule has 4 atom stereocenters. The molecule has 1 aromatic rings. The van der Waals surface area contributed by atoms with Gasteiger partial charge in [-0.2, -0.15) is 0 Å². The van der Waals surface area contributed by atoms with Crippen LogP contribution < -0.4 is 0 Å². The van der Waals surface area contributed by atoms with Gasteiger partial charge in [0.1, 0.15) is 0 Å². The third-order valence-electron chi connectivity index (χ3n) is 4.43. The molecule has 2 saturated carbocycles. The van der Waals surface area contributed by atoms with Gasteiger partial charge in [0.2, 0.25) is 0 Å². The molecule has 2 aliphatic carbocycles. The summed E-state index contributed by atoms with van der Waals surface area (Å²) in [7, 11) is 0. The average molecular weight is 186 g/mol. The second-order valence-corrected chi connectivity index (χ2v) is 4.96. The number of nitrogens with zero attached hydrogens (tertiary/aromatic N) is 1. The molecule has 1 aromatic heterocycles. The van der Waals surface area contributed by atoms with Gasteiger partial charge in [0, 0.05) is 17.8 Å². The van der Waals surface area contributed by atoms with Crippen LogP contribution in [-0.2, 0) is 0 Å². The second kappa shape index (κ2) is 3.08. The lowest BCUT2D eigenvalue weighted by Crippen LogP contribution is -2.10. The van der Waals surface area contributed by atoms with Crippen LogP contribution in [0.3, 0.4) is 0 Å². The molecule has 0 spiro atoms. The summed E-state index contributed by atoms with van der Waals surface area (Å²) in [5.41, 5.74) is 1.34. The van der Waals surface area contributed by atoms with Gasteiger partial charge in [-0.3, -0.25) is 4.98 Å². The van der Waals surface area contributed by atoms with E-state index in [1.165, 1.54) is 25.0 Å². The molecule has 2 bridgehead atoms. The van der Waals surface area contributed by atoms with E-state index in [9.17, 15) is 0 Å². The summed E-state index contributed by atoms with van der Waals surface area (Å²) in [4.78, 5) is 4.51. The molecule has 0 aliphatic heterocycles. The number of hydrogen-bond acceptors (Lipinski definition) is 1. The Balaban J connectivity index is 1.89. The van der Waals surface area contributed by atoms with Crippen LogP contribution >= 0.6 is 0 Å². The van der Waals surface area contributed by atoms with Crippen LogP contribution in [0.1, 0.15) is 37.8 Å². The fraction of sp³-hybridized carbons (Fsp3) is 0.615. The van der Waals surface area contributed by atoms with Gasteiger partial charge in [0.05, 0.1) is 0 Å². The zero-order valence-electron chi connectivity index (χ0n) is 8.69. The van der Waals surface area contributed by atoms with Gasteiger partial charge in [-0.25, -0.2) is 0 Å². The van der Waals surface area contributed by atoms with E-state index >= 15 is 0 Å². The zero-order chi connectivity index (χ0) is 9.54. The van der Waals surface area contributed by atoms with Gasteiger partial charge < -0.3 is 0 Å². The molecule has 2 aliphatic rings. The Morgan fingerprint density at radius 3 is 2.79 bits per heavy atom. The van der Waals surface area contributed by atoms with Crippen molar-refractivity contribution in [2.75, 3.05) is 0 Å². The second-order valence-electron chi connectivity index (χ2n) is 4.96. The van der Waals surface area contributed by atoms with Crippen LogP contribution in [0.5, 0.6) is 0 Å². The summed E-state index contributed by atoms with van der Waals surface area (Å²) in [5.74, 6) is 3.63. The largest absolute Gasteiger partial charge is 0.261 e. The van der Waals surface area contributed by atoms with Gasteiger partial charge in [-0.15, -0.1) is 0 Å². The molecule has 1 heterocycles. The summed E-state index contributed by atoms with van der Waals surface area (Å²) >= 11 is 0. The Morgan fingerprint density at radius 2 is 2.21 bits per heavy atom. The van der Waals surface area contributed by atoms with Crippen LogP contribution in [-0.4, -0.2) is 4.98 Å². The highest BCUT2D eigenvalue weighted by Crippen LogP contribution is 2.55. The fourth-order valence-corrected chi connectivity index (χ4v) is 3.62. The lowest BCUT2D eigenvalue weighted by atomic mass is 9.81. The maximum atomic E-state index is 4.51. The molecule has 0 saturated heterocycles. The predicted molar refractivity (Wildman–Crippen MR) is 57.0 cm³/mol. The summed E-state index contributed by atoms with van der Waals surface area (Å²) < 4.78 is 0. The molecule has 1 nitrogen and oxygen atoms in total. The quantitative estimate of drug-likeness (QED) is 0.656. The SMILES string of the molecule is [11CH3]C1C2CCC1C(c1ccccn1)C2. The van der Waals surface area contributed by atoms with E-state index in [0.717, 1.165) is 23.7 Å². The van der Waals surface area contributed by atoms with Crippen LogP contribution in [0.25, 0.3) is 0 Å². The van der Waals surface area contributed by atoms with Crippen molar-refractivity contribution in [1.29, 1.82) is 0 Å². The van der Waals surface area contributed by atoms with E-state index in [2.05, 4.69) is 24.0 Å². The first kappa shape index (κ1) is 8.46. The Bertz CT molecular complexity index is 319. The third-order valence-corrected chi connectivity index (χ3v) is 4.43. The van der Waals surface area contributed by atoms with Crippen molar-refractivity contribution in [1.82, 2.24) is 4.98 Å². The van der Waals surface area contributed by atoms with E-state index < -0.39 is 0 Å². The normalized spacial score (nSPS) is 40.4. The molecule has 4 unspecified atom stereocenters. The molecule has 1 heteroatoms. The molecule has 74 valence electrons. The zero-order valence-corrected chi connectivity index (χ0v) is 8.69. The molecular formula is C13H17N. The molecule has 14 heavy (non-hydrogen) atoms. The highest BCUT2D eigenvalue weighted by Gasteiger charge is 2.46. The van der Waals surface area contributed by atoms with Gasteiger partial charge >= 0.3 is 0 Å². The van der Waals surface area contributed by atoms with E-state index in [1.807, 2.05) is 12.3 Å². The van der Waals surface area contributed by atoms with Crippen molar-refractivity contribution < 1.29 is 0 Å². The highest BCUT2D eigenvalue weighted by atomic mass is 14.7. The van der Waals surface area contributed by atoms with Crippen LogP contribution in [0.2, 0.25) is 0 Å². The van der Waals surface area contributed by atoms with Crippen molar-refractivity contribution in [3.63, 3.8) is 0 Å². The van der Waals surface area contributed by atoms with E-state index in [-0.39, 0.29) is 0 Å². The van der Waals surface area contributed by atoms with Crippen LogP contribution in [0.15, 0.2) is 24.4 Å². The number of pyridine rings is 1. The Labute approximate surface area is 85.6 Å². The lowest BCUT2D eigenvalue weighted by molar-refractivity contribution is 0.402. The molecule has 2 fully saturated rings. The highest BCUT2D eigenvalue weighted by molar-refractivity contribution is 5.16. The molecule has 0 radical (unpaired) electrons. The average Bonchev–Trinajstić information content (AvgIpc) is 2.76. The summed E-state index contributed by atoms with van der Waals surface area (Å²) in [6.45, 7) is 2.44. The van der Waals surface area contributed by atoms with Crippen LogP contribution in [0.4, 0.5) is 0 Å². The topological polar surface area (TPSA) is 12.9 Å². The standard InChI is InChI=1S/C13H17N/c1-9-10-5-6-11(9)12(8-10)13-4-2-3-7-14-13/h2-4,7,9-12H,5-6,8H2,1H3/i1-1. The monoisotopic (exact) mass is 186 g/mol. The van der Waals surface area contributed by atoms with Crippen molar-refractivity contribution in [2.24, 2.45) is 17.8 Å². The number of fused-ring (bicyclic) bond motifs is 2. The Kier molecular flexibility index (Phi) is 1.86. The van der Waals surface area contributed by atoms with Gasteiger partial charge in [0.15, 0.2) is 0 Å². The van der Waals surface area contributed by atoms with Crippen molar-refractivity contribution >= 4 is 0 Å². The fourth-order valence-electron chi connectivity index (χ4n) is 3.62. The first-order valence-electron chi connectivity index (χ1n) is 5.77. The third kappa shape index (κ3) is 1.11. The number of hydrogen-bond donors (Lipinski definition) is 0. The predicted octanol–water partition coefficient (Wildman–Crippen LogP) is 3.23. The van der Waals surface area contributed by atoms with E-state index in [4.69, 9.17) is 0 Å². The van der Waals surface area contributed by atoms with Crippen molar-refractivity contribution in [2.45, 2.75) is 32.1 Å². The molecule has 0 N–H and O–H groups in total. The molecular weight excluding hydrogens is 169 g/mol. The minimum atomic E-state index is 0.768.